The summed E-state index contributed by atoms with van der Waals surface area (Å²) in [4.78, 5) is 11.1. The highest BCUT2D eigenvalue weighted by Crippen LogP contribution is 2.28. The number of carbonyl (C=O) groups is 1. The van der Waals surface area contributed by atoms with Gasteiger partial charge in [0, 0.05) is 30.1 Å². The number of hydrogen-bond acceptors (Lipinski definition) is 4. The Balaban J connectivity index is 1.62. The van der Waals surface area contributed by atoms with Gasteiger partial charge in [0.1, 0.15) is 5.69 Å². The van der Waals surface area contributed by atoms with Gasteiger partial charge in [-0.05, 0) is 37.5 Å². The Bertz CT molecular complexity index is 908. The molecular weight excluding hydrogens is 352 g/mol. The first-order chi connectivity index (χ1) is 12.3. The summed E-state index contributed by atoms with van der Waals surface area (Å²) < 4.78 is 26.5. The van der Waals surface area contributed by atoms with Crippen LogP contribution in [0.25, 0.3) is 6.08 Å². The summed E-state index contributed by atoms with van der Waals surface area (Å²) in [5.41, 5.74) is 8.22. The van der Waals surface area contributed by atoms with E-state index in [0.717, 1.165) is 16.8 Å². The molecule has 0 saturated carbocycles. The number of amides is 1. The van der Waals surface area contributed by atoms with Gasteiger partial charge < -0.3 is 5.73 Å². The molecule has 3 N–H and O–H groups in total. The molecule has 0 spiro atoms. The summed E-state index contributed by atoms with van der Waals surface area (Å²) in [5, 5.41) is 7.98. The number of aromatic nitrogens is 2. The Morgan fingerprint density at radius 1 is 1.27 bits per heavy atom. The first-order valence-corrected chi connectivity index (χ1v) is 9.95. The van der Waals surface area contributed by atoms with Crippen molar-refractivity contribution in [3.8, 4) is 0 Å². The number of sulfonamides is 1. The van der Waals surface area contributed by atoms with E-state index in [9.17, 15) is 13.2 Å². The number of aryl methyl sites for hydroxylation is 1. The fourth-order valence-corrected chi connectivity index (χ4v) is 4.24. The minimum Gasteiger partial charge on any atom is -0.364 e. The van der Waals surface area contributed by atoms with E-state index in [1.807, 2.05) is 31.2 Å². The molecule has 1 aliphatic rings. The van der Waals surface area contributed by atoms with Gasteiger partial charge in [0.05, 0.1) is 0 Å². The molecule has 2 aromatic rings. The van der Waals surface area contributed by atoms with Crippen molar-refractivity contribution >= 4 is 22.0 Å². The highest BCUT2D eigenvalue weighted by Gasteiger charge is 2.28. The number of benzene rings is 1. The second kappa shape index (κ2) is 7.43. The van der Waals surface area contributed by atoms with E-state index in [4.69, 9.17) is 5.73 Å². The van der Waals surface area contributed by atoms with Crippen LogP contribution in [0.15, 0.2) is 35.7 Å². The summed E-state index contributed by atoms with van der Waals surface area (Å²) in [6, 6.07) is 9.32. The number of nitrogens with zero attached hydrogens (tertiary/aromatic N) is 2. The van der Waals surface area contributed by atoms with E-state index in [0.29, 0.717) is 25.9 Å². The van der Waals surface area contributed by atoms with Gasteiger partial charge in [-0.1, -0.05) is 29.8 Å². The molecule has 1 saturated heterocycles. The molecule has 138 valence electrons. The molecule has 0 radical (unpaired) electrons. The Hall–Kier alpha value is -2.45. The van der Waals surface area contributed by atoms with Crippen LogP contribution in [0.1, 0.15) is 46.1 Å². The SMILES string of the molecule is Cc1ccc(/C=C/S(=O)(=O)N2CCC(c3cc(C(N)=O)n[nH]3)CC2)cc1. The van der Waals surface area contributed by atoms with Crippen LogP contribution in [-0.4, -0.2) is 41.9 Å². The standard InChI is InChI=1S/C18H22N4O3S/c1-13-2-4-14(5-3-13)8-11-26(24,25)22-9-6-15(7-10-22)16-12-17(18(19)23)21-20-16/h2-5,8,11-12,15H,6-7,9-10H2,1H3,(H2,19,23)(H,20,21)/b11-8+. The quantitative estimate of drug-likeness (QED) is 0.834. The van der Waals surface area contributed by atoms with Crippen LogP contribution in [0.2, 0.25) is 0 Å². The first-order valence-electron chi connectivity index (χ1n) is 8.45. The second-order valence-electron chi connectivity index (χ2n) is 6.50. The lowest BCUT2D eigenvalue weighted by molar-refractivity contribution is 0.0995. The molecule has 3 rings (SSSR count). The third-order valence-corrected chi connectivity index (χ3v) is 6.18. The molecule has 2 heterocycles. The average Bonchev–Trinajstić information content (AvgIpc) is 3.12. The predicted octanol–water partition coefficient (Wildman–Crippen LogP) is 2.00. The van der Waals surface area contributed by atoms with Crippen molar-refractivity contribution in [2.75, 3.05) is 13.1 Å². The molecule has 8 heteroatoms. The smallest absolute Gasteiger partial charge is 0.269 e. The van der Waals surface area contributed by atoms with Crippen molar-refractivity contribution in [1.29, 1.82) is 0 Å². The van der Waals surface area contributed by atoms with E-state index < -0.39 is 15.9 Å². The molecule has 1 aromatic heterocycles. The predicted molar refractivity (Wildman–Crippen MR) is 99.8 cm³/mol. The van der Waals surface area contributed by atoms with Crippen LogP contribution in [0.5, 0.6) is 0 Å². The average molecular weight is 374 g/mol. The van der Waals surface area contributed by atoms with Crippen LogP contribution >= 0.6 is 0 Å². The van der Waals surface area contributed by atoms with E-state index in [2.05, 4.69) is 10.2 Å². The number of rotatable bonds is 5. The Morgan fingerprint density at radius 2 is 1.92 bits per heavy atom. The highest BCUT2D eigenvalue weighted by molar-refractivity contribution is 7.92. The van der Waals surface area contributed by atoms with E-state index in [1.165, 1.54) is 9.71 Å². The first kappa shape index (κ1) is 18.3. The lowest BCUT2D eigenvalue weighted by Crippen LogP contribution is -2.36. The Kier molecular flexibility index (Phi) is 5.24. The molecule has 1 amide bonds. The third-order valence-electron chi connectivity index (χ3n) is 4.61. The molecule has 0 bridgehead atoms. The van der Waals surface area contributed by atoms with Crippen molar-refractivity contribution in [2.24, 2.45) is 5.73 Å². The van der Waals surface area contributed by atoms with Crippen LogP contribution in [0.3, 0.4) is 0 Å². The molecule has 7 nitrogen and oxygen atoms in total. The van der Waals surface area contributed by atoms with Crippen LogP contribution in [0.4, 0.5) is 0 Å². The number of piperidine rings is 1. The number of nitrogens with two attached hydrogens (primary N) is 1. The molecule has 26 heavy (non-hydrogen) atoms. The number of hydrogen-bond donors (Lipinski definition) is 2. The van der Waals surface area contributed by atoms with Gasteiger partial charge in [0.2, 0.25) is 10.0 Å². The largest absolute Gasteiger partial charge is 0.364 e. The van der Waals surface area contributed by atoms with Crippen LogP contribution in [-0.2, 0) is 10.0 Å². The zero-order valence-electron chi connectivity index (χ0n) is 14.6. The van der Waals surface area contributed by atoms with Gasteiger partial charge in [-0.3, -0.25) is 9.89 Å². The van der Waals surface area contributed by atoms with Gasteiger partial charge in [-0.15, -0.1) is 0 Å². The number of aromatic amines is 1. The Labute approximate surface area is 152 Å². The van der Waals surface area contributed by atoms with Crippen molar-refractivity contribution in [3.05, 3.63) is 58.3 Å². The molecule has 1 fully saturated rings. The zero-order valence-corrected chi connectivity index (χ0v) is 15.4. The summed E-state index contributed by atoms with van der Waals surface area (Å²) in [6.07, 6.45) is 2.95. The Morgan fingerprint density at radius 3 is 2.50 bits per heavy atom. The molecule has 1 aromatic carbocycles. The lowest BCUT2D eigenvalue weighted by Gasteiger charge is -2.29. The molecular formula is C18H22N4O3S. The highest BCUT2D eigenvalue weighted by atomic mass is 32.2. The molecule has 1 aliphatic heterocycles. The minimum absolute atomic E-state index is 0.142. The van der Waals surface area contributed by atoms with E-state index in [1.54, 1.807) is 12.1 Å². The normalized spacial score (nSPS) is 17.0. The third kappa shape index (κ3) is 4.20. The maximum atomic E-state index is 12.5. The summed E-state index contributed by atoms with van der Waals surface area (Å²) in [6.45, 7) is 2.84. The van der Waals surface area contributed by atoms with E-state index in [-0.39, 0.29) is 11.6 Å². The van der Waals surface area contributed by atoms with Gasteiger partial charge in [0.15, 0.2) is 0 Å². The summed E-state index contributed by atoms with van der Waals surface area (Å²) in [5.74, 6) is -0.433. The number of primary amides is 1. The van der Waals surface area contributed by atoms with E-state index >= 15 is 0 Å². The lowest BCUT2D eigenvalue weighted by atomic mass is 9.94. The number of nitrogens with one attached hydrogen (secondary N) is 1. The van der Waals surface area contributed by atoms with Crippen LogP contribution < -0.4 is 5.73 Å². The van der Waals surface area contributed by atoms with Gasteiger partial charge in [0.25, 0.3) is 5.91 Å². The fraction of sp³-hybridized carbons (Fsp3) is 0.333. The monoisotopic (exact) mass is 374 g/mol. The summed E-state index contributed by atoms with van der Waals surface area (Å²) in [7, 11) is -3.45. The maximum Gasteiger partial charge on any atom is 0.269 e. The van der Waals surface area contributed by atoms with Gasteiger partial charge in [-0.2, -0.15) is 9.40 Å². The van der Waals surface area contributed by atoms with Gasteiger partial charge in [-0.25, -0.2) is 8.42 Å². The van der Waals surface area contributed by atoms with Crippen molar-refractivity contribution in [2.45, 2.75) is 25.7 Å². The maximum absolute atomic E-state index is 12.5. The minimum atomic E-state index is -3.45. The number of carbonyl (C=O) groups excluding carboxylic acids is 1. The summed E-state index contributed by atoms with van der Waals surface area (Å²) >= 11 is 0. The second-order valence-corrected chi connectivity index (χ2v) is 8.32. The zero-order chi connectivity index (χ0) is 18.7. The van der Waals surface area contributed by atoms with Crippen LogP contribution in [0, 0.1) is 6.92 Å². The fourth-order valence-electron chi connectivity index (χ4n) is 3.02. The molecule has 0 aliphatic carbocycles. The van der Waals surface area contributed by atoms with Crippen molar-refractivity contribution in [3.63, 3.8) is 0 Å². The molecule has 0 atom stereocenters. The molecule has 0 unspecified atom stereocenters. The van der Waals surface area contributed by atoms with Crippen molar-refractivity contribution < 1.29 is 13.2 Å². The van der Waals surface area contributed by atoms with Gasteiger partial charge >= 0.3 is 0 Å². The van der Waals surface area contributed by atoms with Crippen molar-refractivity contribution in [1.82, 2.24) is 14.5 Å². The number of H-pyrrole nitrogens is 1. The topological polar surface area (TPSA) is 109 Å².